The minimum absolute atomic E-state index is 0.0226. The topological polar surface area (TPSA) is 172 Å². The lowest BCUT2D eigenvalue weighted by Crippen LogP contribution is -2.45. The van der Waals surface area contributed by atoms with Gasteiger partial charge in [0.15, 0.2) is 0 Å². The molecular formula is C25H45N7O6. The second kappa shape index (κ2) is 16.5. The van der Waals surface area contributed by atoms with Gasteiger partial charge in [0, 0.05) is 26.1 Å². The van der Waals surface area contributed by atoms with Gasteiger partial charge >= 0.3 is 12.2 Å². The molecule has 1 rings (SSSR count). The maximum Gasteiger partial charge on any atom is 0.407 e. The molecule has 3 amide bonds. The van der Waals surface area contributed by atoms with Crippen LogP contribution in [0.25, 0.3) is 0 Å². The van der Waals surface area contributed by atoms with Crippen LogP contribution in [0.5, 0.6) is 0 Å². The van der Waals surface area contributed by atoms with Crippen LogP contribution in [-0.4, -0.2) is 66.4 Å². The maximum absolute atomic E-state index is 12.3. The Kier molecular flexibility index (Phi) is 14.1. The molecule has 0 saturated heterocycles. The summed E-state index contributed by atoms with van der Waals surface area (Å²) in [5.74, 6) is -0.594. The largest absolute Gasteiger partial charge is 0.444 e. The number of alkyl carbamates (subject to hydrolysis) is 2. The fraction of sp³-hybridized carbons (Fsp3) is 0.760. The molecule has 0 fully saturated rings. The molecule has 38 heavy (non-hydrogen) atoms. The lowest BCUT2D eigenvalue weighted by atomic mass is 10.1. The summed E-state index contributed by atoms with van der Waals surface area (Å²) >= 11 is 0. The van der Waals surface area contributed by atoms with E-state index in [1.807, 2.05) is 20.8 Å². The van der Waals surface area contributed by atoms with Crippen LogP contribution in [0.2, 0.25) is 0 Å². The minimum atomic E-state index is -0.526. The van der Waals surface area contributed by atoms with E-state index in [2.05, 4.69) is 37.0 Å². The molecule has 0 aromatic carbocycles. The summed E-state index contributed by atoms with van der Waals surface area (Å²) in [7, 11) is 0. The number of carbonyl (C=O) groups excluding carboxylic acids is 4. The molecular weight excluding hydrogens is 494 g/mol. The van der Waals surface area contributed by atoms with Crippen molar-refractivity contribution < 1.29 is 28.7 Å². The lowest BCUT2D eigenvalue weighted by molar-refractivity contribution is -0.115. The molecule has 0 bridgehead atoms. The average Bonchev–Trinajstić information content (AvgIpc) is 2.80. The van der Waals surface area contributed by atoms with E-state index in [1.54, 1.807) is 20.8 Å². The van der Waals surface area contributed by atoms with Gasteiger partial charge in [-0.1, -0.05) is 12.8 Å². The van der Waals surface area contributed by atoms with Crippen molar-refractivity contribution in [1.82, 2.24) is 26.8 Å². The second-order valence-electron chi connectivity index (χ2n) is 10.9. The highest BCUT2D eigenvalue weighted by molar-refractivity contribution is 6.42. The number of rotatable bonds is 15. The average molecular weight is 540 g/mol. The van der Waals surface area contributed by atoms with Crippen LogP contribution < -0.4 is 26.8 Å². The Bertz CT molecular complexity index is 789. The predicted molar refractivity (Wildman–Crippen MR) is 145 cm³/mol. The van der Waals surface area contributed by atoms with E-state index in [1.165, 1.54) is 0 Å². The number of unbranched alkanes of at least 4 members (excludes halogenated alkanes) is 5. The van der Waals surface area contributed by atoms with Crippen molar-refractivity contribution in [2.45, 2.75) is 104 Å². The van der Waals surface area contributed by atoms with Crippen molar-refractivity contribution in [2.75, 3.05) is 19.6 Å². The first-order valence-electron chi connectivity index (χ1n) is 13.2. The summed E-state index contributed by atoms with van der Waals surface area (Å²) in [4.78, 5) is 47.6. The monoisotopic (exact) mass is 539 g/mol. The quantitative estimate of drug-likeness (QED) is 0.198. The number of hydrazone groups is 2. The molecule has 13 heteroatoms. The van der Waals surface area contributed by atoms with E-state index in [9.17, 15) is 19.2 Å². The number of hydrogen-bond donors (Lipinski definition) is 5. The van der Waals surface area contributed by atoms with Crippen LogP contribution in [0.4, 0.5) is 9.59 Å². The highest BCUT2D eigenvalue weighted by atomic mass is 16.6. The van der Waals surface area contributed by atoms with E-state index in [4.69, 9.17) is 9.47 Å². The number of nitrogens with one attached hydrogen (secondary N) is 5. The summed E-state index contributed by atoms with van der Waals surface area (Å²) in [6.45, 7) is 12.3. The van der Waals surface area contributed by atoms with Gasteiger partial charge < -0.3 is 25.4 Å². The molecule has 1 heterocycles. The number of Topliss-reactive ketones (excluding diaryl/α,β-unsaturated/α-hetero) is 1. The standard InChI is InChI=1S/C25H45N7O6/c1-24(2,3)37-22(35)27-16-11-8-7-10-14-18(33)19-29-31-20(32-30-19)21(34)26-15-12-9-13-17-28-23(36)38-25(4,5)6/h7-17H2,1-6H3,(H,26,34)(H,27,35)(H,28,36)(H,29,30)(H,31,32). The third-order valence-electron chi connectivity index (χ3n) is 4.83. The van der Waals surface area contributed by atoms with Crippen LogP contribution in [0.3, 0.4) is 0 Å². The number of amides is 3. The number of hydrogen-bond acceptors (Lipinski definition) is 10. The van der Waals surface area contributed by atoms with Crippen molar-refractivity contribution in [2.24, 2.45) is 10.2 Å². The molecule has 1 aliphatic heterocycles. The molecule has 0 aliphatic carbocycles. The van der Waals surface area contributed by atoms with Crippen LogP contribution in [-0.2, 0) is 19.1 Å². The van der Waals surface area contributed by atoms with E-state index < -0.39 is 29.3 Å². The van der Waals surface area contributed by atoms with Gasteiger partial charge in [-0.05, 0) is 73.6 Å². The molecule has 216 valence electrons. The fourth-order valence-electron chi connectivity index (χ4n) is 3.10. The lowest BCUT2D eigenvalue weighted by Gasteiger charge is -2.19. The van der Waals surface area contributed by atoms with Gasteiger partial charge in [-0.15, -0.1) is 5.10 Å². The molecule has 0 atom stereocenters. The number of amidine groups is 2. The van der Waals surface area contributed by atoms with Gasteiger partial charge in [-0.25, -0.2) is 9.59 Å². The van der Waals surface area contributed by atoms with Crippen molar-refractivity contribution in [3.8, 4) is 0 Å². The van der Waals surface area contributed by atoms with Crippen molar-refractivity contribution >= 4 is 35.5 Å². The fourth-order valence-corrected chi connectivity index (χ4v) is 3.10. The van der Waals surface area contributed by atoms with Gasteiger partial charge in [0.25, 0.3) is 5.91 Å². The van der Waals surface area contributed by atoms with E-state index in [0.717, 1.165) is 38.5 Å². The Morgan fingerprint density at radius 2 is 1.05 bits per heavy atom. The first-order valence-corrected chi connectivity index (χ1v) is 13.2. The summed E-state index contributed by atoms with van der Waals surface area (Å²) < 4.78 is 10.3. The van der Waals surface area contributed by atoms with Crippen molar-refractivity contribution in [3.63, 3.8) is 0 Å². The molecule has 1 aliphatic rings. The van der Waals surface area contributed by atoms with Crippen LogP contribution in [0.1, 0.15) is 92.9 Å². The molecule has 13 nitrogen and oxygen atoms in total. The predicted octanol–water partition coefficient (Wildman–Crippen LogP) is 2.66. The summed E-state index contributed by atoms with van der Waals surface area (Å²) in [6.07, 6.45) is 4.89. The molecule has 0 spiro atoms. The number of carbonyl (C=O) groups is 4. The number of nitrogens with zero attached hydrogens (tertiary/aromatic N) is 2. The van der Waals surface area contributed by atoms with Gasteiger partial charge in [-0.2, -0.15) is 5.10 Å². The van der Waals surface area contributed by atoms with Crippen LogP contribution >= 0.6 is 0 Å². The normalized spacial score (nSPS) is 13.2. The highest BCUT2D eigenvalue weighted by Crippen LogP contribution is 2.08. The Hall–Kier alpha value is -3.38. The first-order chi connectivity index (χ1) is 17.8. The van der Waals surface area contributed by atoms with E-state index in [0.29, 0.717) is 32.5 Å². The van der Waals surface area contributed by atoms with Gasteiger partial charge in [0.1, 0.15) is 11.2 Å². The van der Waals surface area contributed by atoms with E-state index in [-0.39, 0.29) is 17.5 Å². The molecule has 0 aromatic rings. The van der Waals surface area contributed by atoms with Crippen molar-refractivity contribution in [1.29, 1.82) is 0 Å². The zero-order valence-electron chi connectivity index (χ0n) is 23.6. The second-order valence-corrected chi connectivity index (χ2v) is 10.9. The molecule has 5 N–H and O–H groups in total. The Morgan fingerprint density at radius 3 is 1.53 bits per heavy atom. The Morgan fingerprint density at radius 1 is 0.632 bits per heavy atom. The molecule has 0 radical (unpaired) electrons. The van der Waals surface area contributed by atoms with Gasteiger partial charge in [0.2, 0.25) is 17.5 Å². The molecule has 0 aromatic heterocycles. The molecule has 0 saturated carbocycles. The highest BCUT2D eigenvalue weighted by Gasteiger charge is 2.19. The first kappa shape index (κ1) is 32.6. The minimum Gasteiger partial charge on any atom is -0.444 e. The maximum atomic E-state index is 12.3. The number of ketones is 1. The van der Waals surface area contributed by atoms with Gasteiger partial charge in [0.05, 0.1) is 0 Å². The van der Waals surface area contributed by atoms with Crippen molar-refractivity contribution in [3.05, 3.63) is 0 Å². The zero-order valence-corrected chi connectivity index (χ0v) is 23.6. The summed E-state index contributed by atoms with van der Waals surface area (Å²) in [5.41, 5.74) is 4.01. The smallest absolute Gasteiger partial charge is 0.407 e. The Labute approximate surface area is 225 Å². The van der Waals surface area contributed by atoms with Gasteiger partial charge in [-0.3, -0.25) is 20.4 Å². The summed E-state index contributed by atoms with van der Waals surface area (Å²) in [5, 5.41) is 15.9. The van der Waals surface area contributed by atoms with Crippen LogP contribution in [0, 0.1) is 0 Å². The SMILES string of the molecule is CC(C)(C)OC(=O)NCCCCCCC(=O)C1=NNC(C(=O)NCCCCCNC(=O)OC(C)(C)C)=NN1. The molecule has 0 unspecified atom stereocenters. The van der Waals surface area contributed by atoms with Crippen LogP contribution in [0.15, 0.2) is 10.2 Å². The zero-order chi connectivity index (χ0) is 28.6. The summed E-state index contributed by atoms with van der Waals surface area (Å²) in [6, 6.07) is 0. The third-order valence-corrected chi connectivity index (χ3v) is 4.83. The third kappa shape index (κ3) is 16.4. The van der Waals surface area contributed by atoms with E-state index >= 15 is 0 Å². The Balaban J connectivity index is 2.09. The number of ether oxygens (including phenoxy) is 2.